The molecule has 1 heterocycles. The molecule has 0 aliphatic rings. The van der Waals surface area contributed by atoms with Crippen LogP contribution in [-0.2, 0) is 0 Å². The number of carbonyl (C=O) groups is 1. The van der Waals surface area contributed by atoms with Crippen molar-refractivity contribution in [3.05, 3.63) is 48.0 Å². The van der Waals surface area contributed by atoms with E-state index in [0.717, 1.165) is 34.5 Å². The van der Waals surface area contributed by atoms with Crippen LogP contribution in [0.4, 0.5) is 32.4 Å². The zero-order chi connectivity index (χ0) is 24.4. The third kappa shape index (κ3) is 7.46. The largest absolute Gasteiger partial charge is 0.432 e. The van der Waals surface area contributed by atoms with Crippen LogP contribution in [0.1, 0.15) is 20.3 Å². The molecule has 0 spiro atoms. The molecule has 0 aliphatic heterocycles. The number of benzene rings is 2. The molecular formula is C21H19F5N2O3S2. The SMILES string of the molecule is CC(C)(S)CN(C(=O)Oc1ccc(OC(F)(F)CC(F)(F)F)cc1)c1ccc2ncsc2c1. The number of hydrogen-bond donors (Lipinski definition) is 1. The number of fused-ring (bicyclic) bond motifs is 1. The van der Waals surface area contributed by atoms with E-state index in [4.69, 9.17) is 4.74 Å². The molecule has 0 unspecified atom stereocenters. The summed E-state index contributed by atoms with van der Waals surface area (Å²) in [5, 5.41) is 0. The maximum absolute atomic E-state index is 13.4. The fraction of sp³-hybridized carbons (Fsp3) is 0.333. The van der Waals surface area contributed by atoms with Crippen LogP contribution < -0.4 is 14.4 Å². The van der Waals surface area contributed by atoms with Gasteiger partial charge in [-0.25, -0.2) is 9.78 Å². The van der Waals surface area contributed by atoms with Crippen LogP contribution >= 0.6 is 24.0 Å². The number of halogens is 5. The summed E-state index contributed by atoms with van der Waals surface area (Å²) in [5.74, 6) is -0.514. The van der Waals surface area contributed by atoms with E-state index in [1.807, 2.05) is 13.8 Å². The number of anilines is 1. The molecule has 12 heteroatoms. The van der Waals surface area contributed by atoms with Gasteiger partial charge in [0.05, 0.1) is 15.7 Å². The Morgan fingerprint density at radius 3 is 2.30 bits per heavy atom. The minimum atomic E-state index is -5.09. The van der Waals surface area contributed by atoms with Crippen molar-refractivity contribution in [2.24, 2.45) is 0 Å². The number of thiazole rings is 1. The van der Waals surface area contributed by atoms with E-state index in [0.29, 0.717) is 5.69 Å². The molecule has 33 heavy (non-hydrogen) atoms. The first-order chi connectivity index (χ1) is 15.2. The summed E-state index contributed by atoms with van der Waals surface area (Å²) in [5.41, 5.74) is 3.01. The van der Waals surface area contributed by atoms with Gasteiger partial charge in [-0.3, -0.25) is 4.90 Å². The number of aromatic nitrogens is 1. The van der Waals surface area contributed by atoms with Gasteiger partial charge in [-0.1, -0.05) is 0 Å². The normalized spacial score (nSPS) is 12.6. The maximum Gasteiger partial charge on any atom is 0.419 e. The van der Waals surface area contributed by atoms with Gasteiger partial charge in [0, 0.05) is 17.0 Å². The highest BCUT2D eigenvalue weighted by Gasteiger charge is 2.45. The minimum Gasteiger partial charge on any atom is -0.432 e. The molecule has 0 fully saturated rings. The zero-order valence-corrected chi connectivity index (χ0v) is 19.1. The second-order valence-corrected chi connectivity index (χ2v) is 9.87. The molecule has 1 aromatic heterocycles. The summed E-state index contributed by atoms with van der Waals surface area (Å²) in [6.07, 6.45) is -12.7. The van der Waals surface area contributed by atoms with E-state index in [9.17, 15) is 26.7 Å². The highest BCUT2D eigenvalue weighted by molar-refractivity contribution is 7.81. The molecule has 0 aliphatic carbocycles. The number of carbonyl (C=O) groups excluding carboxylic acids is 1. The molecule has 1 amide bonds. The number of hydrogen-bond acceptors (Lipinski definition) is 6. The summed E-state index contributed by atoms with van der Waals surface area (Å²) < 4.78 is 73.3. The molecule has 178 valence electrons. The summed E-state index contributed by atoms with van der Waals surface area (Å²) in [7, 11) is 0. The second kappa shape index (κ2) is 9.34. The Bertz CT molecular complexity index is 1110. The van der Waals surface area contributed by atoms with Crippen LogP contribution in [-0.4, -0.2) is 34.7 Å². The van der Waals surface area contributed by atoms with Crippen LogP contribution in [0.25, 0.3) is 10.2 Å². The molecular weight excluding hydrogens is 487 g/mol. The summed E-state index contributed by atoms with van der Waals surface area (Å²) in [4.78, 5) is 18.5. The first-order valence-corrected chi connectivity index (χ1v) is 10.8. The van der Waals surface area contributed by atoms with Gasteiger partial charge in [-0.05, 0) is 56.3 Å². The van der Waals surface area contributed by atoms with Crippen molar-refractivity contribution in [2.45, 2.75) is 37.3 Å². The Kier molecular flexibility index (Phi) is 7.08. The maximum atomic E-state index is 13.4. The lowest BCUT2D eigenvalue weighted by atomic mass is 10.1. The van der Waals surface area contributed by atoms with Crippen LogP contribution in [0.5, 0.6) is 11.5 Å². The molecule has 2 aromatic carbocycles. The molecule has 3 aromatic rings. The fourth-order valence-electron chi connectivity index (χ4n) is 2.83. The number of nitrogens with zero attached hydrogens (tertiary/aromatic N) is 2. The van der Waals surface area contributed by atoms with Crippen molar-refractivity contribution in [3.8, 4) is 11.5 Å². The quantitative estimate of drug-likeness (QED) is 0.279. The van der Waals surface area contributed by atoms with Crippen LogP contribution in [0.2, 0.25) is 0 Å². The average Bonchev–Trinajstić information content (AvgIpc) is 3.12. The lowest BCUT2D eigenvalue weighted by Crippen LogP contribution is -2.41. The Labute approximate surface area is 195 Å². The predicted octanol–water partition coefficient (Wildman–Crippen LogP) is 6.93. The second-order valence-electron chi connectivity index (χ2n) is 7.77. The Hall–Kier alpha value is -2.60. The monoisotopic (exact) mass is 506 g/mol. The van der Waals surface area contributed by atoms with E-state index >= 15 is 0 Å². The van der Waals surface area contributed by atoms with Gasteiger partial charge >= 0.3 is 18.4 Å². The van der Waals surface area contributed by atoms with Crippen LogP contribution in [0, 0.1) is 0 Å². The van der Waals surface area contributed by atoms with E-state index in [-0.39, 0.29) is 12.3 Å². The number of amides is 1. The van der Waals surface area contributed by atoms with E-state index < -0.39 is 35.3 Å². The fourth-order valence-corrected chi connectivity index (χ4v) is 3.68. The topological polar surface area (TPSA) is 51.7 Å². The molecule has 0 radical (unpaired) electrons. The first-order valence-electron chi connectivity index (χ1n) is 9.49. The molecule has 0 saturated heterocycles. The molecule has 0 saturated carbocycles. The van der Waals surface area contributed by atoms with Gasteiger partial charge in [-0.2, -0.15) is 34.6 Å². The molecule has 0 atom stereocenters. The van der Waals surface area contributed by atoms with Gasteiger partial charge in [0.15, 0.2) is 0 Å². The number of ether oxygens (including phenoxy) is 2. The number of alkyl halides is 5. The van der Waals surface area contributed by atoms with E-state index in [1.54, 1.807) is 23.7 Å². The smallest absolute Gasteiger partial charge is 0.419 e. The van der Waals surface area contributed by atoms with E-state index in [2.05, 4.69) is 22.3 Å². The summed E-state index contributed by atoms with van der Waals surface area (Å²) in [6, 6.07) is 9.53. The third-order valence-electron chi connectivity index (χ3n) is 4.09. The standard InChI is InChI=1S/C21H19F5N2O3S2/c1-19(2,32)11-28(13-3-8-16-17(9-13)33-12-27-16)18(29)30-14-4-6-15(7-5-14)31-21(25,26)10-20(22,23)24/h3-9,12,32H,10-11H2,1-2H3. The summed E-state index contributed by atoms with van der Waals surface area (Å²) >= 11 is 5.89. The van der Waals surface area contributed by atoms with Crippen molar-refractivity contribution in [1.29, 1.82) is 0 Å². The number of rotatable bonds is 7. The minimum absolute atomic E-state index is 0.00711. The predicted molar refractivity (Wildman–Crippen MR) is 119 cm³/mol. The van der Waals surface area contributed by atoms with Crippen molar-refractivity contribution in [3.63, 3.8) is 0 Å². The Morgan fingerprint density at radius 1 is 1.06 bits per heavy atom. The van der Waals surface area contributed by atoms with Crippen molar-refractivity contribution >= 4 is 46.0 Å². The van der Waals surface area contributed by atoms with Gasteiger partial charge in [0.1, 0.15) is 17.9 Å². The Morgan fingerprint density at radius 2 is 1.70 bits per heavy atom. The lowest BCUT2D eigenvalue weighted by molar-refractivity contribution is -0.255. The molecule has 0 N–H and O–H groups in total. The summed E-state index contributed by atoms with van der Waals surface area (Å²) in [6.45, 7) is 3.81. The van der Waals surface area contributed by atoms with Crippen molar-refractivity contribution < 1.29 is 36.2 Å². The van der Waals surface area contributed by atoms with Gasteiger partial charge in [-0.15, -0.1) is 11.3 Å². The Balaban J connectivity index is 1.75. The average molecular weight is 507 g/mol. The van der Waals surface area contributed by atoms with Gasteiger partial charge in [0.2, 0.25) is 0 Å². The highest BCUT2D eigenvalue weighted by Crippen LogP contribution is 2.34. The van der Waals surface area contributed by atoms with Gasteiger partial charge in [0.25, 0.3) is 0 Å². The number of thiol groups is 1. The zero-order valence-electron chi connectivity index (χ0n) is 17.4. The van der Waals surface area contributed by atoms with Gasteiger partial charge < -0.3 is 9.47 Å². The van der Waals surface area contributed by atoms with Crippen molar-refractivity contribution in [2.75, 3.05) is 11.4 Å². The third-order valence-corrected chi connectivity index (χ3v) is 5.03. The first kappa shape index (κ1) is 25.0. The molecule has 0 bridgehead atoms. The van der Waals surface area contributed by atoms with Crippen molar-refractivity contribution in [1.82, 2.24) is 4.98 Å². The van der Waals surface area contributed by atoms with Crippen LogP contribution in [0.15, 0.2) is 48.0 Å². The van der Waals surface area contributed by atoms with E-state index in [1.165, 1.54) is 16.2 Å². The molecule has 3 rings (SSSR count). The molecule has 5 nitrogen and oxygen atoms in total. The van der Waals surface area contributed by atoms with Crippen LogP contribution in [0.3, 0.4) is 0 Å². The lowest BCUT2D eigenvalue weighted by Gasteiger charge is -2.28. The highest BCUT2D eigenvalue weighted by atomic mass is 32.1.